The Morgan fingerprint density at radius 3 is 2.00 bits per heavy atom. The average Bonchev–Trinajstić information content (AvgIpc) is 2.94. The minimum Gasteiger partial charge on any atom is -0.507 e. The van der Waals surface area contributed by atoms with Crippen molar-refractivity contribution in [3.05, 3.63) is 58.9 Å². The number of nitrogens with one attached hydrogen (secondary N) is 1. The van der Waals surface area contributed by atoms with E-state index in [-0.39, 0.29) is 10.8 Å². The molecule has 3 nitrogen and oxygen atoms in total. The number of benzene rings is 2. The van der Waals surface area contributed by atoms with Crippen molar-refractivity contribution in [3.8, 4) is 5.75 Å². The van der Waals surface area contributed by atoms with Gasteiger partial charge in [0, 0.05) is 6.42 Å². The van der Waals surface area contributed by atoms with Crippen molar-refractivity contribution in [2.75, 3.05) is 0 Å². The molecule has 2 aromatic carbocycles. The Balaban J connectivity index is 1.93. The van der Waals surface area contributed by atoms with Gasteiger partial charge in [-0.15, -0.1) is 0 Å². The van der Waals surface area contributed by atoms with E-state index < -0.39 is 0 Å². The van der Waals surface area contributed by atoms with Crippen LogP contribution < -0.4 is 0 Å². The summed E-state index contributed by atoms with van der Waals surface area (Å²) in [4.78, 5) is 8.09. The van der Waals surface area contributed by atoms with Gasteiger partial charge in [-0.3, -0.25) is 0 Å². The fourth-order valence-corrected chi connectivity index (χ4v) is 3.37. The number of aromatic amines is 1. The quantitative estimate of drug-likeness (QED) is 0.641. The van der Waals surface area contributed by atoms with Gasteiger partial charge in [0.25, 0.3) is 0 Å². The standard InChI is InChI=1S/C23H30N2O/c1-22(2,3)16-13-15(14-17(21(16)26)23(4,5)6)11-12-20-24-18-9-7-8-10-19(18)25-20/h7-10,13-14,26H,11-12H2,1-6H3,(H,24,25). The van der Waals surface area contributed by atoms with Gasteiger partial charge in [0.1, 0.15) is 11.6 Å². The summed E-state index contributed by atoms with van der Waals surface area (Å²) >= 11 is 0. The smallest absolute Gasteiger partial charge is 0.123 e. The predicted octanol–water partition coefficient (Wildman–Crippen LogP) is 5.65. The summed E-state index contributed by atoms with van der Waals surface area (Å²) < 4.78 is 0. The molecule has 26 heavy (non-hydrogen) atoms. The lowest BCUT2D eigenvalue weighted by atomic mass is 9.78. The van der Waals surface area contributed by atoms with Crippen molar-refractivity contribution >= 4 is 11.0 Å². The molecular weight excluding hydrogens is 320 g/mol. The second-order valence-electron chi connectivity index (χ2n) is 9.24. The third-order valence-corrected chi connectivity index (χ3v) is 4.87. The molecule has 0 amide bonds. The average molecular weight is 351 g/mol. The van der Waals surface area contributed by atoms with Crippen molar-refractivity contribution in [2.24, 2.45) is 0 Å². The van der Waals surface area contributed by atoms with E-state index >= 15 is 0 Å². The highest BCUT2D eigenvalue weighted by molar-refractivity contribution is 5.74. The van der Waals surface area contributed by atoms with Crippen molar-refractivity contribution in [2.45, 2.75) is 65.2 Å². The molecule has 3 aromatic rings. The lowest BCUT2D eigenvalue weighted by Crippen LogP contribution is -2.18. The van der Waals surface area contributed by atoms with Gasteiger partial charge in [0.2, 0.25) is 0 Å². The van der Waals surface area contributed by atoms with E-state index in [4.69, 9.17) is 0 Å². The molecule has 3 rings (SSSR count). The van der Waals surface area contributed by atoms with Gasteiger partial charge >= 0.3 is 0 Å². The molecule has 0 spiro atoms. The maximum Gasteiger partial charge on any atom is 0.123 e. The van der Waals surface area contributed by atoms with Crippen LogP contribution in [0.1, 0.15) is 64.1 Å². The molecule has 0 saturated heterocycles. The van der Waals surface area contributed by atoms with E-state index in [1.54, 1.807) is 0 Å². The summed E-state index contributed by atoms with van der Waals surface area (Å²) in [5.74, 6) is 1.45. The monoisotopic (exact) mass is 350 g/mol. The highest BCUT2D eigenvalue weighted by Crippen LogP contribution is 2.39. The van der Waals surface area contributed by atoms with Crippen molar-refractivity contribution in [1.82, 2.24) is 9.97 Å². The minimum atomic E-state index is -0.0978. The van der Waals surface area contributed by atoms with Gasteiger partial charge in [-0.25, -0.2) is 4.98 Å². The van der Waals surface area contributed by atoms with Crippen LogP contribution in [0, 0.1) is 0 Å². The Kier molecular flexibility index (Phi) is 4.60. The van der Waals surface area contributed by atoms with E-state index in [1.165, 1.54) is 5.56 Å². The summed E-state index contributed by atoms with van der Waals surface area (Å²) in [5, 5.41) is 10.8. The third kappa shape index (κ3) is 3.77. The molecule has 0 aliphatic heterocycles. The van der Waals surface area contributed by atoms with E-state index in [0.29, 0.717) is 5.75 Å². The number of phenols is 1. The SMILES string of the molecule is CC(C)(C)c1cc(CCc2nc3ccccc3[nH]2)cc(C(C)(C)C)c1O. The second kappa shape index (κ2) is 6.46. The highest BCUT2D eigenvalue weighted by Gasteiger charge is 2.26. The van der Waals surface area contributed by atoms with Crippen LogP contribution in [0.3, 0.4) is 0 Å². The largest absolute Gasteiger partial charge is 0.507 e. The number of para-hydroxylation sites is 2. The van der Waals surface area contributed by atoms with Gasteiger partial charge in [-0.2, -0.15) is 0 Å². The molecule has 0 unspecified atom stereocenters. The molecule has 0 saturated carbocycles. The molecule has 1 aromatic heterocycles. The van der Waals surface area contributed by atoms with Crippen LogP contribution in [0.4, 0.5) is 0 Å². The zero-order chi connectivity index (χ0) is 19.1. The number of aromatic nitrogens is 2. The van der Waals surface area contributed by atoms with E-state index in [1.807, 2.05) is 18.2 Å². The molecule has 0 aliphatic rings. The van der Waals surface area contributed by atoms with E-state index in [2.05, 4.69) is 69.7 Å². The molecule has 138 valence electrons. The van der Waals surface area contributed by atoms with Crippen LogP contribution in [0.25, 0.3) is 11.0 Å². The number of fused-ring (bicyclic) bond motifs is 1. The Hall–Kier alpha value is -2.29. The summed E-state index contributed by atoms with van der Waals surface area (Å²) in [6, 6.07) is 12.4. The van der Waals surface area contributed by atoms with Crippen LogP contribution in [-0.2, 0) is 23.7 Å². The minimum absolute atomic E-state index is 0.0978. The van der Waals surface area contributed by atoms with Crippen LogP contribution in [0.15, 0.2) is 36.4 Å². The van der Waals surface area contributed by atoms with Gasteiger partial charge in [0.15, 0.2) is 0 Å². The molecule has 0 fully saturated rings. The molecule has 0 aliphatic carbocycles. The number of hydrogen-bond donors (Lipinski definition) is 2. The fraction of sp³-hybridized carbons (Fsp3) is 0.435. The van der Waals surface area contributed by atoms with Gasteiger partial charge < -0.3 is 10.1 Å². The first kappa shape index (κ1) is 18.5. The van der Waals surface area contributed by atoms with Crippen molar-refractivity contribution in [3.63, 3.8) is 0 Å². The summed E-state index contributed by atoms with van der Waals surface area (Å²) in [6.45, 7) is 12.9. The number of hydrogen-bond acceptors (Lipinski definition) is 2. The Morgan fingerprint density at radius 1 is 0.885 bits per heavy atom. The maximum atomic E-state index is 10.8. The van der Waals surface area contributed by atoms with Gasteiger partial charge in [-0.05, 0) is 46.1 Å². The second-order valence-corrected chi connectivity index (χ2v) is 9.24. The first-order valence-electron chi connectivity index (χ1n) is 9.36. The summed E-state index contributed by atoms with van der Waals surface area (Å²) in [5.41, 5.74) is 5.18. The Morgan fingerprint density at radius 2 is 1.46 bits per heavy atom. The molecule has 0 atom stereocenters. The maximum absolute atomic E-state index is 10.8. The fourth-order valence-electron chi connectivity index (χ4n) is 3.37. The van der Waals surface area contributed by atoms with Crippen LogP contribution in [0.5, 0.6) is 5.75 Å². The number of imidazole rings is 1. The topological polar surface area (TPSA) is 48.9 Å². The van der Waals surface area contributed by atoms with Crippen LogP contribution in [0.2, 0.25) is 0 Å². The van der Waals surface area contributed by atoms with Crippen molar-refractivity contribution in [1.29, 1.82) is 0 Å². The molecule has 2 N–H and O–H groups in total. The zero-order valence-corrected chi connectivity index (χ0v) is 16.8. The van der Waals surface area contributed by atoms with E-state index in [9.17, 15) is 5.11 Å². The molecule has 0 radical (unpaired) electrons. The Labute approximate surface area is 156 Å². The van der Waals surface area contributed by atoms with Crippen LogP contribution >= 0.6 is 0 Å². The first-order valence-corrected chi connectivity index (χ1v) is 9.36. The van der Waals surface area contributed by atoms with Gasteiger partial charge in [0.05, 0.1) is 11.0 Å². The molecular formula is C23H30N2O. The molecule has 0 bridgehead atoms. The Bertz CT molecular complexity index is 855. The lowest BCUT2D eigenvalue weighted by Gasteiger charge is -2.28. The normalized spacial score (nSPS) is 12.7. The van der Waals surface area contributed by atoms with Gasteiger partial charge in [-0.1, -0.05) is 65.8 Å². The number of rotatable bonds is 3. The number of nitrogens with zero attached hydrogens (tertiary/aromatic N) is 1. The number of aromatic hydroxyl groups is 1. The number of H-pyrrole nitrogens is 1. The summed E-state index contributed by atoms with van der Waals surface area (Å²) in [7, 11) is 0. The van der Waals surface area contributed by atoms with E-state index in [0.717, 1.165) is 40.8 Å². The van der Waals surface area contributed by atoms with Crippen LogP contribution in [-0.4, -0.2) is 15.1 Å². The highest BCUT2D eigenvalue weighted by atomic mass is 16.3. The lowest BCUT2D eigenvalue weighted by molar-refractivity contribution is 0.422. The summed E-state index contributed by atoms with van der Waals surface area (Å²) in [6.07, 6.45) is 1.75. The number of phenolic OH excluding ortho intramolecular Hbond substituents is 1. The first-order chi connectivity index (χ1) is 12.1. The zero-order valence-electron chi connectivity index (χ0n) is 16.8. The van der Waals surface area contributed by atoms with Crippen molar-refractivity contribution < 1.29 is 5.11 Å². The molecule has 3 heteroatoms. The number of aryl methyl sites for hydroxylation is 2. The predicted molar refractivity (Wildman–Crippen MR) is 109 cm³/mol. The molecule has 1 heterocycles. The third-order valence-electron chi connectivity index (χ3n) is 4.87.